The van der Waals surface area contributed by atoms with E-state index in [1.165, 1.54) is 24.3 Å². The van der Waals surface area contributed by atoms with E-state index >= 15 is 0 Å². The van der Waals surface area contributed by atoms with Crippen molar-refractivity contribution >= 4 is 11.9 Å². The lowest BCUT2D eigenvalue weighted by Crippen LogP contribution is -2.24. The Labute approximate surface area is 129 Å². The second-order valence-corrected chi connectivity index (χ2v) is 4.35. The second kappa shape index (κ2) is 8.75. The Morgan fingerprint density at radius 1 is 1.22 bits per heavy atom. The molecule has 23 heavy (non-hydrogen) atoms. The monoisotopic (exact) mass is 330 g/mol. The number of hydroxylamine groups is 1. The van der Waals surface area contributed by atoms with Crippen molar-refractivity contribution in [1.82, 2.24) is 5.48 Å². The van der Waals surface area contributed by atoms with E-state index in [-0.39, 0.29) is 25.0 Å². The number of nitriles is 1. The number of hydrogen-bond donors (Lipinski definition) is 1. The maximum absolute atomic E-state index is 11.8. The average Bonchev–Trinajstić information content (AvgIpc) is 2.51. The molecule has 0 aliphatic rings. The van der Waals surface area contributed by atoms with Crippen LogP contribution in [-0.4, -0.2) is 31.3 Å². The molecule has 0 atom stereocenters. The minimum Gasteiger partial charge on any atom is -0.456 e. The van der Waals surface area contributed by atoms with Gasteiger partial charge in [-0.25, -0.2) is 5.48 Å². The molecule has 0 spiro atoms. The van der Waals surface area contributed by atoms with Gasteiger partial charge in [-0.15, -0.1) is 0 Å². The molecule has 1 aromatic carbocycles. The summed E-state index contributed by atoms with van der Waals surface area (Å²) in [5.74, 6) is -1.54. The van der Waals surface area contributed by atoms with Crippen LogP contribution in [0.1, 0.15) is 28.8 Å². The van der Waals surface area contributed by atoms with Gasteiger partial charge >= 0.3 is 12.1 Å². The smallest absolute Gasteiger partial charge is 0.422 e. The van der Waals surface area contributed by atoms with Gasteiger partial charge in [0, 0.05) is 12.0 Å². The fourth-order valence-corrected chi connectivity index (χ4v) is 1.39. The van der Waals surface area contributed by atoms with Gasteiger partial charge in [0.2, 0.25) is 0 Å². The third-order valence-electron chi connectivity index (χ3n) is 2.47. The zero-order valence-corrected chi connectivity index (χ0v) is 11.9. The SMILES string of the molecule is N#Cc1ccc(C(=O)NOCCCC(=O)OCC(F)(F)F)cc1. The summed E-state index contributed by atoms with van der Waals surface area (Å²) in [4.78, 5) is 27.4. The van der Waals surface area contributed by atoms with Gasteiger partial charge in [-0.05, 0) is 30.7 Å². The highest BCUT2D eigenvalue weighted by Crippen LogP contribution is 2.14. The van der Waals surface area contributed by atoms with Crippen LogP contribution in [0.2, 0.25) is 0 Å². The summed E-state index contributed by atoms with van der Waals surface area (Å²) in [6.07, 6.45) is -4.73. The molecule has 0 fully saturated rings. The maximum atomic E-state index is 11.8. The number of esters is 1. The third kappa shape index (κ3) is 7.82. The van der Waals surface area contributed by atoms with Crippen molar-refractivity contribution in [2.45, 2.75) is 19.0 Å². The predicted molar refractivity (Wildman–Crippen MR) is 70.8 cm³/mol. The van der Waals surface area contributed by atoms with Gasteiger partial charge in [0.1, 0.15) is 0 Å². The number of hydrogen-bond acceptors (Lipinski definition) is 5. The quantitative estimate of drug-likeness (QED) is 0.470. The predicted octanol–water partition coefficient (Wildman–Crippen LogP) is 2.11. The second-order valence-electron chi connectivity index (χ2n) is 4.35. The van der Waals surface area contributed by atoms with Crippen LogP contribution in [0.15, 0.2) is 24.3 Å². The van der Waals surface area contributed by atoms with Crippen molar-refractivity contribution in [1.29, 1.82) is 5.26 Å². The maximum Gasteiger partial charge on any atom is 0.422 e. The first-order valence-electron chi connectivity index (χ1n) is 6.46. The van der Waals surface area contributed by atoms with Crippen molar-refractivity contribution in [2.24, 2.45) is 0 Å². The first kappa shape index (κ1) is 18.4. The molecule has 0 unspecified atom stereocenters. The van der Waals surface area contributed by atoms with Crippen molar-refractivity contribution in [3.05, 3.63) is 35.4 Å². The number of nitrogens with zero attached hydrogens (tertiary/aromatic N) is 1. The molecule has 1 N–H and O–H groups in total. The highest BCUT2D eigenvalue weighted by Gasteiger charge is 2.29. The molecule has 124 valence electrons. The molecular formula is C14H13F3N2O4. The highest BCUT2D eigenvalue weighted by molar-refractivity contribution is 5.93. The molecule has 0 radical (unpaired) electrons. The van der Waals surface area contributed by atoms with Crippen LogP contribution in [0.3, 0.4) is 0 Å². The Kier molecular flexibility index (Phi) is 7.02. The molecule has 0 aliphatic carbocycles. The average molecular weight is 330 g/mol. The molecule has 0 bridgehead atoms. The minimum absolute atomic E-state index is 0.0663. The molecule has 9 heteroatoms. The standard InChI is InChI=1S/C14H13F3N2O4/c15-14(16,17)9-22-12(20)2-1-7-23-19-13(21)11-5-3-10(8-18)4-6-11/h3-6H,1-2,7,9H2,(H,19,21). The van der Waals surface area contributed by atoms with Crippen molar-refractivity contribution < 1.29 is 32.3 Å². The Balaban J connectivity index is 2.18. The Morgan fingerprint density at radius 2 is 1.87 bits per heavy atom. The summed E-state index contributed by atoms with van der Waals surface area (Å²) in [5.41, 5.74) is 2.79. The van der Waals surface area contributed by atoms with Crippen LogP contribution in [0, 0.1) is 11.3 Å². The number of carbonyl (C=O) groups excluding carboxylic acids is 2. The zero-order valence-electron chi connectivity index (χ0n) is 11.9. The Bertz CT molecular complexity index is 579. The minimum atomic E-state index is -4.55. The van der Waals surface area contributed by atoms with E-state index < -0.39 is 24.7 Å². The molecule has 0 saturated heterocycles. The van der Waals surface area contributed by atoms with Crippen LogP contribution < -0.4 is 5.48 Å². The van der Waals surface area contributed by atoms with E-state index in [4.69, 9.17) is 10.1 Å². The summed E-state index contributed by atoms with van der Waals surface area (Å²) in [6.45, 7) is -1.69. The molecule has 1 amide bonds. The van der Waals surface area contributed by atoms with Gasteiger partial charge in [-0.1, -0.05) is 0 Å². The number of ether oxygens (including phenoxy) is 1. The largest absolute Gasteiger partial charge is 0.456 e. The van der Waals surface area contributed by atoms with Crippen molar-refractivity contribution in [3.63, 3.8) is 0 Å². The number of alkyl halides is 3. The van der Waals surface area contributed by atoms with Gasteiger partial charge in [-0.3, -0.25) is 14.4 Å². The molecule has 1 aromatic rings. The lowest BCUT2D eigenvalue weighted by atomic mass is 10.1. The molecule has 0 saturated carbocycles. The molecular weight excluding hydrogens is 317 g/mol. The summed E-state index contributed by atoms with van der Waals surface area (Å²) in [7, 11) is 0. The van der Waals surface area contributed by atoms with Gasteiger partial charge in [0.15, 0.2) is 6.61 Å². The van der Waals surface area contributed by atoms with E-state index in [0.29, 0.717) is 5.56 Å². The summed E-state index contributed by atoms with van der Waals surface area (Å²) in [5, 5.41) is 8.62. The number of nitrogens with one attached hydrogen (secondary N) is 1. The van der Waals surface area contributed by atoms with E-state index in [1.807, 2.05) is 6.07 Å². The van der Waals surface area contributed by atoms with Crippen LogP contribution in [0.25, 0.3) is 0 Å². The molecule has 0 aliphatic heterocycles. The van der Waals surface area contributed by atoms with Crippen LogP contribution in [0.4, 0.5) is 13.2 Å². The summed E-state index contributed by atoms with van der Waals surface area (Å²) in [6, 6.07) is 7.71. The first-order valence-corrected chi connectivity index (χ1v) is 6.46. The van der Waals surface area contributed by atoms with E-state index in [2.05, 4.69) is 10.2 Å². The zero-order chi connectivity index (χ0) is 17.3. The van der Waals surface area contributed by atoms with Crippen LogP contribution in [-0.2, 0) is 14.4 Å². The molecule has 1 rings (SSSR count). The molecule has 6 nitrogen and oxygen atoms in total. The van der Waals surface area contributed by atoms with E-state index in [9.17, 15) is 22.8 Å². The fourth-order valence-electron chi connectivity index (χ4n) is 1.39. The first-order chi connectivity index (χ1) is 10.8. The summed E-state index contributed by atoms with van der Waals surface area (Å²) >= 11 is 0. The van der Waals surface area contributed by atoms with Crippen molar-refractivity contribution in [3.8, 4) is 6.07 Å². The molecule has 0 heterocycles. The summed E-state index contributed by atoms with van der Waals surface area (Å²) < 4.78 is 39.4. The number of halogens is 3. The number of benzene rings is 1. The van der Waals surface area contributed by atoms with E-state index in [1.54, 1.807) is 0 Å². The van der Waals surface area contributed by atoms with Gasteiger partial charge in [0.05, 0.1) is 18.2 Å². The third-order valence-corrected chi connectivity index (χ3v) is 2.47. The van der Waals surface area contributed by atoms with Gasteiger partial charge in [-0.2, -0.15) is 18.4 Å². The number of carbonyl (C=O) groups is 2. The lowest BCUT2D eigenvalue weighted by Gasteiger charge is -2.08. The normalized spacial score (nSPS) is 10.7. The van der Waals surface area contributed by atoms with Crippen molar-refractivity contribution in [2.75, 3.05) is 13.2 Å². The molecule has 0 aromatic heterocycles. The number of amides is 1. The van der Waals surface area contributed by atoms with E-state index in [0.717, 1.165) is 0 Å². The van der Waals surface area contributed by atoms with Gasteiger partial charge in [0.25, 0.3) is 5.91 Å². The Hall–Kier alpha value is -2.60. The fraction of sp³-hybridized carbons (Fsp3) is 0.357. The number of rotatable bonds is 7. The van der Waals surface area contributed by atoms with Crippen LogP contribution in [0.5, 0.6) is 0 Å². The highest BCUT2D eigenvalue weighted by atomic mass is 19.4. The Morgan fingerprint density at radius 3 is 2.43 bits per heavy atom. The topological polar surface area (TPSA) is 88.4 Å². The van der Waals surface area contributed by atoms with Crippen LogP contribution >= 0.6 is 0 Å². The van der Waals surface area contributed by atoms with Gasteiger partial charge < -0.3 is 4.74 Å². The lowest BCUT2D eigenvalue weighted by molar-refractivity contribution is -0.186.